The molecule has 3 aromatic rings. The molecule has 0 radical (unpaired) electrons. The second kappa shape index (κ2) is 11.8. The summed E-state index contributed by atoms with van der Waals surface area (Å²) in [6.45, 7) is 0.290. The Bertz CT molecular complexity index is 1190. The lowest BCUT2D eigenvalue weighted by molar-refractivity contribution is -0.123. The van der Waals surface area contributed by atoms with Crippen LogP contribution in [0.2, 0.25) is 5.02 Å². The smallest absolute Gasteiger partial charge is 0.335 e. The molecule has 0 aliphatic carbocycles. The summed E-state index contributed by atoms with van der Waals surface area (Å²) in [5.74, 6) is -1.95. The van der Waals surface area contributed by atoms with Crippen molar-refractivity contribution < 1.29 is 19.5 Å². The minimum Gasteiger partial charge on any atom is -0.478 e. The zero-order chi connectivity index (χ0) is 24.5. The van der Waals surface area contributed by atoms with Gasteiger partial charge >= 0.3 is 5.97 Å². The Morgan fingerprint density at radius 2 is 1.71 bits per heavy atom. The number of carbonyl (C=O) groups is 3. The summed E-state index contributed by atoms with van der Waals surface area (Å²) in [7, 11) is 0. The molecule has 2 amide bonds. The molecule has 0 aromatic heterocycles. The van der Waals surface area contributed by atoms with Gasteiger partial charge < -0.3 is 21.5 Å². The molecule has 0 saturated heterocycles. The number of carboxylic acid groups (broad SMARTS) is 1. The van der Waals surface area contributed by atoms with Crippen molar-refractivity contribution in [3.05, 3.63) is 106 Å². The number of carbonyl (C=O) groups excluding carboxylic acids is 2. The molecule has 3 rings (SSSR count). The minimum atomic E-state index is -1.06. The Hall–Kier alpha value is -3.94. The molecule has 0 unspecified atom stereocenters. The van der Waals surface area contributed by atoms with E-state index in [1.54, 1.807) is 24.3 Å². The number of hydrogen-bond acceptors (Lipinski definition) is 4. The maximum atomic E-state index is 13.0. The van der Waals surface area contributed by atoms with Gasteiger partial charge in [0.1, 0.15) is 6.04 Å². The van der Waals surface area contributed by atoms with Crippen molar-refractivity contribution in [1.82, 2.24) is 5.32 Å². The van der Waals surface area contributed by atoms with Crippen LogP contribution in [0, 0.1) is 0 Å². The molecule has 0 fully saturated rings. The minimum absolute atomic E-state index is 0.107. The second-order valence-electron chi connectivity index (χ2n) is 7.50. The molecule has 0 saturated carbocycles. The zero-order valence-electron chi connectivity index (χ0n) is 18.2. The molecule has 3 aromatic carbocycles. The van der Waals surface area contributed by atoms with Crippen LogP contribution in [0.4, 0.5) is 5.69 Å². The molecule has 0 spiro atoms. The van der Waals surface area contributed by atoms with Crippen molar-refractivity contribution in [2.75, 3.05) is 5.32 Å². The first kappa shape index (κ1) is 24.7. The highest BCUT2D eigenvalue weighted by molar-refractivity contribution is 6.30. The number of hydrogen-bond donors (Lipinski definition) is 4. The van der Waals surface area contributed by atoms with Gasteiger partial charge in [0.05, 0.1) is 5.56 Å². The largest absolute Gasteiger partial charge is 0.478 e. The zero-order valence-corrected chi connectivity index (χ0v) is 19.0. The standard InChI is InChI=1S/C26H24ClN3O4/c27-21-10-6-20(16-28)19(15-21)9-13-24(31)30-23(14-17-4-2-1-3-5-17)25(32)29-22-11-7-18(8-12-22)26(33)34/h1-13,15,23H,14,16,28H2,(H,29,32)(H,30,31)(H,33,34)/b13-9+/t23-/m0/s1. The molecule has 34 heavy (non-hydrogen) atoms. The first-order chi connectivity index (χ1) is 16.4. The van der Waals surface area contributed by atoms with Crippen LogP contribution in [-0.2, 0) is 22.6 Å². The van der Waals surface area contributed by atoms with Crippen molar-refractivity contribution in [3.8, 4) is 0 Å². The van der Waals surface area contributed by atoms with Gasteiger partial charge in [0.2, 0.25) is 11.8 Å². The molecule has 7 nitrogen and oxygen atoms in total. The fourth-order valence-corrected chi connectivity index (χ4v) is 3.46. The second-order valence-corrected chi connectivity index (χ2v) is 7.94. The molecular weight excluding hydrogens is 454 g/mol. The number of nitrogens with one attached hydrogen (secondary N) is 2. The topological polar surface area (TPSA) is 122 Å². The Labute approximate surface area is 202 Å². The van der Waals surface area contributed by atoms with E-state index in [0.29, 0.717) is 16.3 Å². The molecule has 8 heteroatoms. The number of halogens is 1. The van der Waals surface area contributed by atoms with E-state index in [1.165, 1.54) is 30.3 Å². The van der Waals surface area contributed by atoms with Crippen molar-refractivity contribution >= 4 is 41.1 Å². The molecule has 0 bridgehead atoms. The van der Waals surface area contributed by atoms with E-state index >= 15 is 0 Å². The Balaban J connectivity index is 1.75. The number of benzene rings is 3. The summed E-state index contributed by atoms with van der Waals surface area (Å²) < 4.78 is 0. The van der Waals surface area contributed by atoms with Crippen LogP contribution in [0.1, 0.15) is 27.0 Å². The summed E-state index contributed by atoms with van der Waals surface area (Å²) >= 11 is 6.05. The Kier molecular flexibility index (Phi) is 8.56. The molecule has 5 N–H and O–H groups in total. The molecule has 0 heterocycles. The van der Waals surface area contributed by atoms with Crippen LogP contribution in [0.25, 0.3) is 6.08 Å². The van der Waals surface area contributed by atoms with E-state index in [-0.39, 0.29) is 18.5 Å². The fourth-order valence-electron chi connectivity index (χ4n) is 3.28. The average Bonchev–Trinajstić information content (AvgIpc) is 2.83. The molecule has 0 aliphatic heterocycles. The lowest BCUT2D eigenvalue weighted by Gasteiger charge is -2.18. The van der Waals surface area contributed by atoms with Gasteiger partial charge in [-0.2, -0.15) is 0 Å². The summed E-state index contributed by atoms with van der Waals surface area (Å²) in [6.07, 6.45) is 3.20. The normalized spacial score (nSPS) is 11.7. The third kappa shape index (κ3) is 7.03. The molecule has 0 aliphatic rings. The first-order valence-corrected chi connectivity index (χ1v) is 10.9. The van der Waals surface area contributed by atoms with Crippen LogP contribution < -0.4 is 16.4 Å². The van der Waals surface area contributed by atoms with Crippen LogP contribution in [0.15, 0.2) is 78.9 Å². The quantitative estimate of drug-likeness (QED) is 0.348. The van der Waals surface area contributed by atoms with E-state index < -0.39 is 23.8 Å². The van der Waals surface area contributed by atoms with E-state index in [9.17, 15) is 14.4 Å². The summed E-state index contributed by atoms with van der Waals surface area (Å²) in [6, 6.07) is 19.4. The third-order valence-electron chi connectivity index (χ3n) is 5.06. The van der Waals surface area contributed by atoms with Crippen LogP contribution in [0.5, 0.6) is 0 Å². The number of rotatable bonds is 9. The first-order valence-electron chi connectivity index (χ1n) is 10.5. The van der Waals surface area contributed by atoms with E-state index in [4.69, 9.17) is 22.4 Å². The number of amides is 2. The maximum absolute atomic E-state index is 13.0. The van der Waals surface area contributed by atoms with Crippen LogP contribution >= 0.6 is 11.6 Å². The van der Waals surface area contributed by atoms with Crippen molar-refractivity contribution in [2.45, 2.75) is 19.0 Å². The Morgan fingerprint density at radius 1 is 1.00 bits per heavy atom. The SMILES string of the molecule is NCc1ccc(Cl)cc1/C=C/C(=O)N[C@@H](Cc1ccccc1)C(=O)Nc1ccc(C(=O)O)cc1. The lowest BCUT2D eigenvalue weighted by Crippen LogP contribution is -2.44. The van der Waals surface area contributed by atoms with Gasteiger partial charge in [0.15, 0.2) is 0 Å². The monoisotopic (exact) mass is 477 g/mol. The fraction of sp³-hybridized carbons (Fsp3) is 0.115. The van der Waals surface area contributed by atoms with Gasteiger partial charge in [-0.1, -0.05) is 48.0 Å². The highest BCUT2D eigenvalue weighted by Crippen LogP contribution is 2.17. The van der Waals surface area contributed by atoms with E-state index in [2.05, 4.69) is 10.6 Å². The summed E-state index contributed by atoms with van der Waals surface area (Å²) in [5, 5.41) is 15.0. The van der Waals surface area contributed by atoms with Crippen molar-refractivity contribution in [3.63, 3.8) is 0 Å². The number of anilines is 1. The highest BCUT2D eigenvalue weighted by atomic mass is 35.5. The summed E-state index contributed by atoms with van der Waals surface area (Å²) in [4.78, 5) is 36.7. The Morgan fingerprint density at radius 3 is 2.35 bits per heavy atom. The number of carboxylic acids is 1. The van der Waals surface area contributed by atoms with Crippen LogP contribution in [0.3, 0.4) is 0 Å². The van der Waals surface area contributed by atoms with Gasteiger partial charge in [-0.25, -0.2) is 4.79 Å². The average molecular weight is 478 g/mol. The molecule has 1 atom stereocenters. The highest BCUT2D eigenvalue weighted by Gasteiger charge is 2.21. The van der Waals surface area contributed by atoms with E-state index in [0.717, 1.165) is 11.1 Å². The van der Waals surface area contributed by atoms with Gasteiger partial charge in [0.25, 0.3) is 0 Å². The van der Waals surface area contributed by atoms with Gasteiger partial charge in [-0.15, -0.1) is 0 Å². The molecule has 174 valence electrons. The van der Waals surface area contributed by atoms with Gasteiger partial charge in [-0.05, 0) is 59.2 Å². The van der Waals surface area contributed by atoms with Crippen LogP contribution in [-0.4, -0.2) is 28.9 Å². The summed E-state index contributed by atoms with van der Waals surface area (Å²) in [5.41, 5.74) is 8.69. The van der Waals surface area contributed by atoms with Crippen molar-refractivity contribution in [1.29, 1.82) is 0 Å². The predicted molar refractivity (Wildman–Crippen MR) is 132 cm³/mol. The van der Waals surface area contributed by atoms with Gasteiger partial charge in [0, 0.05) is 29.8 Å². The molecular formula is C26H24ClN3O4. The van der Waals surface area contributed by atoms with E-state index in [1.807, 2.05) is 30.3 Å². The number of aromatic carboxylic acids is 1. The third-order valence-corrected chi connectivity index (χ3v) is 5.29. The maximum Gasteiger partial charge on any atom is 0.335 e. The lowest BCUT2D eigenvalue weighted by atomic mass is 10.0. The van der Waals surface area contributed by atoms with Crippen molar-refractivity contribution in [2.24, 2.45) is 5.73 Å². The predicted octanol–water partition coefficient (Wildman–Crippen LogP) is 3.88. The van der Waals surface area contributed by atoms with Gasteiger partial charge in [-0.3, -0.25) is 9.59 Å². The number of nitrogens with two attached hydrogens (primary N) is 1.